The molecular formula is C16H30BrNO4S. The zero-order chi connectivity index (χ0) is 18.1. The lowest BCUT2D eigenvalue weighted by Crippen LogP contribution is -2.46. The normalized spacial score (nSPS) is 13.3. The van der Waals surface area contributed by atoms with Gasteiger partial charge in [0.25, 0.3) is 0 Å². The predicted octanol–water partition coefficient (Wildman–Crippen LogP) is 4.13. The lowest BCUT2D eigenvalue weighted by atomic mass is 10.1. The van der Waals surface area contributed by atoms with Crippen LogP contribution >= 0.6 is 27.7 Å². The number of carbonyl (C=O) groups is 2. The summed E-state index contributed by atoms with van der Waals surface area (Å²) in [6.45, 7) is 10.8. The molecule has 0 rings (SSSR count). The summed E-state index contributed by atoms with van der Waals surface area (Å²) in [5.74, 6) is 1.36. The highest BCUT2D eigenvalue weighted by Gasteiger charge is 2.28. The molecule has 0 saturated carbocycles. The number of alkyl halides is 1. The Hall–Kier alpha value is -0.430. The van der Waals surface area contributed by atoms with Gasteiger partial charge in [0.1, 0.15) is 17.2 Å². The van der Waals surface area contributed by atoms with Crippen LogP contribution in [0.15, 0.2) is 0 Å². The van der Waals surface area contributed by atoms with Crippen molar-refractivity contribution in [2.45, 2.75) is 71.6 Å². The van der Waals surface area contributed by atoms with E-state index in [2.05, 4.69) is 21.2 Å². The van der Waals surface area contributed by atoms with Crippen LogP contribution in [-0.4, -0.2) is 46.1 Å². The van der Waals surface area contributed by atoms with Crippen LogP contribution < -0.4 is 5.32 Å². The molecule has 0 fully saturated rings. The first-order valence-corrected chi connectivity index (χ1v) is 10.1. The van der Waals surface area contributed by atoms with Crippen LogP contribution in [0.4, 0.5) is 4.79 Å². The van der Waals surface area contributed by atoms with E-state index in [4.69, 9.17) is 9.47 Å². The van der Waals surface area contributed by atoms with Crippen molar-refractivity contribution in [1.82, 2.24) is 5.32 Å². The van der Waals surface area contributed by atoms with Crippen molar-refractivity contribution >= 4 is 39.8 Å². The summed E-state index contributed by atoms with van der Waals surface area (Å²) in [5.41, 5.74) is -1.19. The number of halogens is 1. The maximum Gasteiger partial charge on any atom is 0.408 e. The monoisotopic (exact) mass is 411 g/mol. The lowest BCUT2D eigenvalue weighted by Gasteiger charge is -2.26. The number of nitrogens with one attached hydrogen (secondary N) is 1. The first-order chi connectivity index (χ1) is 10.4. The second kappa shape index (κ2) is 10.4. The molecule has 0 aromatic rings. The highest BCUT2D eigenvalue weighted by atomic mass is 79.9. The molecule has 0 saturated heterocycles. The number of alkyl carbamates (subject to hydrolysis) is 1. The van der Waals surface area contributed by atoms with Crippen LogP contribution in [0.3, 0.4) is 0 Å². The van der Waals surface area contributed by atoms with Gasteiger partial charge in [-0.2, -0.15) is 11.8 Å². The molecule has 1 unspecified atom stereocenters. The fourth-order valence-corrected chi connectivity index (χ4v) is 3.14. The summed E-state index contributed by atoms with van der Waals surface area (Å²) >= 11 is 5.14. The molecule has 23 heavy (non-hydrogen) atoms. The van der Waals surface area contributed by atoms with E-state index in [-0.39, 0.29) is 0 Å². The van der Waals surface area contributed by atoms with E-state index in [1.54, 1.807) is 53.3 Å². The summed E-state index contributed by atoms with van der Waals surface area (Å²) in [6, 6.07) is -0.694. The quantitative estimate of drug-likeness (QED) is 0.369. The van der Waals surface area contributed by atoms with Crippen LogP contribution in [0, 0.1) is 0 Å². The molecule has 1 atom stereocenters. The predicted molar refractivity (Wildman–Crippen MR) is 99.4 cm³/mol. The van der Waals surface area contributed by atoms with Crippen LogP contribution in [0.25, 0.3) is 0 Å². The highest BCUT2D eigenvalue weighted by molar-refractivity contribution is 9.09. The Morgan fingerprint density at radius 3 is 2.09 bits per heavy atom. The van der Waals surface area contributed by atoms with E-state index in [0.29, 0.717) is 6.42 Å². The molecule has 1 N–H and O–H groups in total. The van der Waals surface area contributed by atoms with Crippen molar-refractivity contribution in [3.05, 3.63) is 0 Å². The Labute approximate surface area is 152 Å². The molecule has 7 heteroatoms. The molecule has 0 aromatic heterocycles. The van der Waals surface area contributed by atoms with Gasteiger partial charge in [0, 0.05) is 5.33 Å². The molecule has 0 radical (unpaired) electrons. The molecule has 0 aromatic carbocycles. The zero-order valence-electron chi connectivity index (χ0n) is 15.0. The number of esters is 1. The Morgan fingerprint density at radius 1 is 1.04 bits per heavy atom. The van der Waals surface area contributed by atoms with E-state index >= 15 is 0 Å². The largest absolute Gasteiger partial charge is 0.458 e. The van der Waals surface area contributed by atoms with Crippen LogP contribution in [-0.2, 0) is 14.3 Å². The SMILES string of the molecule is CC(C)(C)OC(=O)NC(CCSCCCBr)C(=O)OC(C)(C)C. The average Bonchev–Trinajstić information content (AvgIpc) is 2.32. The second-order valence-corrected chi connectivity index (χ2v) is 9.19. The summed E-state index contributed by atoms with van der Waals surface area (Å²) in [7, 11) is 0. The second-order valence-electron chi connectivity index (χ2n) is 7.18. The topological polar surface area (TPSA) is 64.6 Å². The van der Waals surface area contributed by atoms with Gasteiger partial charge < -0.3 is 14.8 Å². The average molecular weight is 412 g/mol. The van der Waals surface area contributed by atoms with Crippen LogP contribution in [0.1, 0.15) is 54.4 Å². The van der Waals surface area contributed by atoms with E-state index in [1.807, 2.05) is 0 Å². The Kier molecular flexibility index (Phi) is 10.2. The number of ether oxygens (including phenoxy) is 2. The van der Waals surface area contributed by atoms with Gasteiger partial charge in [0.05, 0.1) is 0 Å². The third-order valence-corrected chi connectivity index (χ3v) is 4.02. The van der Waals surface area contributed by atoms with Gasteiger partial charge in [-0.05, 0) is 65.9 Å². The van der Waals surface area contributed by atoms with Crippen LogP contribution in [0.2, 0.25) is 0 Å². The molecule has 5 nitrogen and oxygen atoms in total. The molecule has 0 heterocycles. The molecule has 0 spiro atoms. The third kappa shape index (κ3) is 13.7. The fourth-order valence-electron chi connectivity index (χ4n) is 1.53. The first-order valence-electron chi connectivity index (χ1n) is 7.80. The van der Waals surface area contributed by atoms with Gasteiger partial charge in [-0.1, -0.05) is 15.9 Å². The number of rotatable bonds is 8. The summed E-state index contributed by atoms with van der Waals surface area (Å²) in [4.78, 5) is 24.2. The van der Waals surface area contributed by atoms with Crippen molar-refractivity contribution < 1.29 is 19.1 Å². The van der Waals surface area contributed by atoms with Gasteiger partial charge in [0.15, 0.2) is 0 Å². The number of thioether (sulfide) groups is 1. The minimum atomic E-state index is -0.694. The first kappa shape index (κ1) is 22.6. The Morgan fingerprint density at radius 2 is 1.61 bits per heavy atom. The van der Waals surface area contributed by atoms with E-state index in [1.165, 1.54) is 0 Å². The molecule has 1 amide bonds. The van der Waals surface area contributed by atoms with Crippen molar-refractivity contribution in [2.24, 2.45) is 0 Å². The van der Waals surface area contributed by atoms with Gasteiger partial charge in [-0.25, -0.2) is 9.59 Å². The van der Waals surface area contributed by atoms with Crippen molar-refractivity contribution in [3.63, 3.8) is 0 Å². The molecule has 0 aliphatic rings. The minimum Gasteiger partial charge on any atom is -0.458 e. The number of amides is 1. The lowest BCUT2D eigenvalue weighted by molar-refractivity contribution is -0.157. The minimum absolute atomic E-state index is 0.426. The molecular weight excluding hydrogens is 382 g/mol. The molecule has 0 bridgehead atoms. The molecule has 0 aliphatic carbocycles. The maximum atomic E-state index is 12.3. The number of hydrogen-bond acceptors (Lipinski definition) is 5. The number of hydrogen-bond donors (Lipinski definition) is 1. The standard InChI is InChI=1S/C16H30BrNO4S/c1-15(2,3)21-13(19)12(8-11-23-10-7-9-17)18-14(20)22-16(4,5)6/h12H,7-11H2,1-6H3,(H,18,20). The Balaban J connectivity index is 4.60. The summed E-state index contributed by atoms with van der Waals surface area (Å²) in [5, 5.41) is 3.59. The summed E-state index contributed by atoms with van der Waals surface area (Å²) < 4.78 is 10.6. The third-order valence-electron chi connectivity index (χ3n) is 2.36. The smallest absolute Gasteiger partial charge is 0.408 e. The zero-order valence-corrected chi connectivity index (χ0v) is 17.4. The van der Waals surface area contributed by atoms with Gasteiger partial charge in [-0.15, -0.1) is 0 Å². The van der Waals surface area contributed by atoms with E-state index < -0.39 is 29.3 Å². The molecule has 136 valence electrons. The van der Waals surface area contributed by atoms with E-state index in [9.17, 15) is 9.59 Å². The summed E-state index contributed by atoms with van der Waals surface area (Å²) in [6.07, 6.45) is 0.987. The van der Waals surface area contributed by atoms with Crippen molar-refractivity contribution in [3.8, 4) is 0 Å². The number of carbonyl (C=O) groups excluding carboxylic acids is 2. The highest BCUT2D eigenvalue weighted by Crippen LogP contribution is 2.14. The fraction of sp³-hybridized carbons (Fsp3) is 0.875. The van der Waals surface area contributed by atoms with Gasteiger partial charge in [0.2, 0.25) is 0 Å². The maximum absolute atomic E-state index is 12.3. The Bertz CT molecular complexity index is 377. The van der Waals surface area contributed by atoms with Crippen LogP contribution in [0.5, 0.6) is 0 Å². The molecule has 0 aliphatic heterocycles. The van der Waals surface area contributed by atoms with Crippen molar-refractivity contribution in [1.29, 1.82) is 0 Å². The van der Waals surface area contributed by atoms with E-state index in [0.717, 1.165) is 23.3 Å². The van der Waals surface area contributed by atoms with Crippen molar-refractivity contribution in [2.75, 3.05) is 16.8 Å². The van der Waals surface area contributed by atoms with Gasteiger partial charge >= 0.3 is 12.1 Å². The van der Waals surface area contributed by atoms with Gasteiger partial charge in [-0.3, -0.25) is 0 Å².